The van der Waals surface area contributed by atoms with Gasteiger partial charge in [0.05, 0.1) is 6.54 Å². The highest BCUT2D eigenvalue weighted by Crippen LogP contribution is 2.27. The minimum atomic E-state index is -0.910. The van der Waals surface area contributed by atoms with E-state index in [-0.39, 0.29) is 5.25 Å². The van der Waals surface area contributed by atoms with Crippen LogP contribution in [0.3, 0.4) is 0 Å². The summed E-state index contributed by atoms with van der Waals surface area (Å²) >= 11 is -0.910. The van der Waals surface area contributed by atoms with Gasteiger partial charge in [0, 0.05) is 57.6 Å². The van der Waals surface area contributed by atoms with Crippen LogP contribution in [0.5, 0.6) is 0 Å². The molecule has 2 aromatic rings. The molecule has 0 aliphatic carbocycles. The van der Waals surface area contributed by atoms with Crippen LogP contribution >= 0.6 is 0 Å². The van der Waals surface area contributed by atoms with E-state index in [0.29, 0.717) is 6.04 Å². The lowest BCUT2D eigenvalue weighted by Gasteiger charge is -2.39. The molecule has 1 aromatic carbocycles. The Morgan fingerprint density at radius 1 is 1.08 bits per heavy atom. The molecular formula is C20H27N3O2S. The second kappa shape index (κ2) is 8.57. The number of likely N-dealkylation sites (tertiary alicyclic amines) is 1. The summed E-state index contributed by atoms with van der Waals surface area (Å²) in [5, 5.41) is 4.51. The summed E-state index contributed by atoms with van der Waals surface area (Å²) in [6, 6.07) is 10.8. The van der Waals surface area contributed by atoms with Crippen molar-refractivity contribution >= 4 is 11.2 Å². The van der Waals surface area contributed by atoms with Crippen molar-refractivity contribution in [3.8, 4) is 0 Å². The zero-order chi connectivity index (χ0) is 17.8. The number of rotatable bonds is 5. The fourth-order valence-corrected chi connectivity index (χ4v) is 5.44. The normalized spacial score (nSPS) is 21.7. The predicted molar refractivity (Wildman–Crippen MR) is 103 cm³/mol. The molecule has 1 atom stereocenters. The predicted octanol–water partition coefficient (Wildman–Crippen LogP) is 2.68. The van der Waals surface area contributed by atoms with E-state index in [2.05, 4.69) is 22.1 Å². The molecule has 0 bridgehead atoms. The van der Waals surface area contributed by atoms with Gasteiger partial charge in [-0.05, 0) is 47.8 Å². The van der Waals surface area contributed by atoms with Crippen molar-refractivity contribution in [1.82, 2.24) is 14.7 Å². The summed E-state index contributed by atoms with van der Waals surface area (Å²) in [7, 11) is 0. The highest BCUT2D eigenvalue weighted by Gasteiger charge is 2.32. The van der Waals surface area contributed by atoms with Crippen LogP contribution in [0.15, 0.2) is 47.6 Å². The molecule has 2 aliphatic rings. The van der Waals surface area contributed by atoms with Gasteiger partial charge >= 0.3 is 0 Å². The largest absolute Gasteiger partial charge is 0.611 e. The lowest BCUT2D eigenvalue weighted by molar-refractivity contribution is 0.0277. The van der Waals surface area contributed by atoms with E-state index in [1.165, 1.54) is 5.56 Å². The maximum atomic E-state index is 13.0. The van der Waals surface area contributed by atoms with Crippen LogP contribution in [0.2, 0.25) is 0 Å². The topological polar surface area (TPSA) is 53.3 Å². The number of benzene rings is 1. The molecule has 0 radical (unpaired) electrons. The number of hydrogen-bond donors (Lipinski definition) is 0. The smallest absolute Gasteiger partial charge is 0.152 e. The van der Waals surface area contributed by atoms with Gasteiger partial charge in [-0.25, -0.2) is 0 Å². The van der Waals surface area contributed by atoms with Crippen LogP contribution in [-0.4, -0.2) is 56.8 Å². The molecule has 5 nitrogen and oxygen atoms in total. The van der Waals surface area contributed by atoms with Gasteiger partial charge in [-0.3, -0.25) is 9.58 Å². The Bertz CT molecular complexity index is 663. The lowest BCUT2D eigenvalue weighted by Crippen LogP contribution is -2.46. The van der Waals surface area contributed by atoms with E-state index in [1.807, 2.05) is 29.1 Å². The van der Waals surface area contributed by atoms with Gasteiger partial charge in [0.1, 0.15) is 5.25 Å². The van der Waals surface area contributed by atoms with Gasteiger partial charge in [-0.1, -0.05) is 12.1 Å². The zero-order valence-corrected chi connectivity index (χ0v) is 15.9. The second-order valence-corrected chi connectivity index (χ2v) is 8.96. The SMILES string of the molecule is [O-][S+](c1ccc(Cn2cccn2)cc1)C1CCN(C2CCOCC2)CC1. The van der Waals surface area contributed by atoms with Gasteiger partial charge in [0.15, 0.2) is 4.90 Å². The Kier molecular flexibility index (Phi) is 5.94. The fourth-order valence-electron chi connectivity index (χ4n) is 4.01. The van der Waals surface area contributed by atoms with Gasteiger partial charge in [-0.15, -0.1) is 0 Å². The van der Waals surface area contributed by atoms with Crippen LogP contribution < -0.4 is 0 Å². The van der Waals surface area contributed by atoms with Crippen molar-refractivity contribution in [2.24, 2.45) is 0 Å². The van der Waals surface area contributed by atoms with E-state index in [0.717, 1.165) is 63.4 Å². The Morgan fingerprint density at radius 3 is 2.46 bits per heavy atom. The van der Waals surface area contributed by atoms with E-state index >= 15 is 0 Å². The highest BCUT2D eigenvalue weighted by atomic mass is 32.2. The molecule has 2 aliphatic heterocycles. The Hall–Kier alpha value is -1.34. The minimum Gasteiger partial charge on any atom is -0.611 e. The Balaban J connectivity index is 1.31. The molecule has 140 valence electrons. The number of nitrogens with zero attached hydrogens (tertiary/aromatic N) is 3. The summed E-state index contributed by atoms with van der Waals surface area (Å²) in [4.78, 5) is 3.54. The molecule has 1 unspecified atom stereocenters. The first-order valence-electron chi connectivity index (χ1n) is 9.58. The molecule has 26 heavy (non-hydrogen) atoms. The summed E-state index contributed by atoms with van der Waals surface area (Å²) in [6.45, 7) is 4.67. The number of aromatic nitrogens is 2. The molecule has 0 saturated carbocycles. The Labute approximate surface area is 158 Å². The summed E-state index contributed by atoms with van der Waals surface area (Å²) in [6.07, 6.45) is 8.09. The van der Waals surface area contributed by atoms with Crippen LogP contribution in [0, 0.1) is 0 Å². The zero-order valence-electron chi connectivity index (χ0n) is 15.1. The standard InChI is InChI=1S/C20H27N3O2S/c24-26(19-4-2-17(3-5-19)16-23-11-1-10-21-23)20-6-12-22(13-7-20)18-8-14-25-15-9-18/h1-5,10-11,18,20H,6-9,12-16H2. The van der Waals surface area contributed by atoms with Gasteiger partial charge < -0.3 is 9.29 Å². The van der Waals surface area contributed by atoms with Crippen molar-refractivity contribution in [2.45, 2.75) is 48.4 Å². The lowest BCUT2D eigenvalue weighted by atomic mass is 10.0. The van der Waals surface area contributed by atoms with Crippen LogP contribution in [0.25, 0.3) is 0 Å². The summed E-state index contributed by atoms with van der Waals surface area (Å²) in [5.74, 6) is 0. The molecule has 6 heteroatoms. The minimum absolute atomic E-state index is 0.281. The maximum absolute atomic E-state index is 13.0. The average Bonchev–Trinajstić information content (AvgIpc) is 3.22. The molecule has 2 fully saturated rings. The number of hydrogen-bond acceptors (Lipinski definition) is 4. The second-order valence-electron chi connectivity index (χ2n) is 7.22. The van der Waals surface area contributed by atoms with Crippen molar-refractivity contribution in [3.63, 3.8) is 0 Å². The van der Waals surface area contributed by atoms with Crippen LogP contribution in [-0.2, 0) is 22.5 Å². The van der Waals surface area contributed by atoms with Gasteiger partial charge in [0.2, 0.25) is 0 Å². The first-order chi connectivity index (χ1) is 12.8. The third-order valence-electron chi connectivity index (χ3n) is 5.55. The summed E-state index contributed by atoms with van der Waals surface area (Å²) < 4.78 is 20.3. The first-order valence-corrected chi connectivity index (χ1v) is 10.8. The molecule has 0 N–H and O–H groups in total. The molecule has 0 amide bonds. The van der Waals surface area contributed by atoms with E-state index < -0.39 is 11.2 Å². The molecule has 1 aromatic heterocycles. The Morgan fingerprint density at radius 2 is 1.81 bits per heavy atom. The molecule has 2 saturated heterocycles. The van der Waals surface area contributed by atoms with Crippen molar-refractivity contribution < 1.29 is 9.29 Å². The van der Waals surface area contributed by atoms with Crippen molar-refractivity contribution in [1.29, 1.82) is 0 Å². The third-order valence-corrected chi connectivity index (χ3v) is 7.36. The molecule has 0 spiro atoms. The third kappa shape index (κ3) is 4.31. The van der Waals surface area contributed by atoms with Crippen molar-refractivity contribution in [2.75, 3.05) is 26.3 Å². The van der Waals surface area contributed by atoms with Gasteiger partial charge in [0.25, 0.3) is 0 Å². The van der Waals surface area contributed by atoms with E-state index in [9.17, 15) is 4.55 Å². The molecule has 3 heterocycles. The number of piperidine rings is 1. The monoisotopic (exact) mass is 373 g/mol. The summed E-state index contributed by atoms with van der Waals surface area (Å²) in [5.41, 5.74) is 1.18. The average molecular weight is 374 g/mol. The van der Waals surface area contributed by atoms with Crippen LogP contribution in [0.4, 0.5) is 0 Å². The highest BCUT2D eigenvalue weighted by molar-refractivity contribution is 7.92. The van der Waals surface area contributed by atoms with Crippen molar-refractivity contribution in [3.05, 3.63) is 48.3 Å². The van der Waals surface area contributed by atoms with Crippen LogP contribution in [0.1, 0.15) is 31.2 Å². The first kappa shape index (κ1) is 18.0. The van der Waals surface area contributed by atoms with E-state index in [1.54, 1.807) is 6.20 Å². The maximum Gasteiger partial charge on any atom is 0.152 e. The quantitative estimate of drug-likeness (QED) is 0.756. The van der Waals surface area contributed by atoms with E-state index in [4.69, 9.17) is 4.74 Å². The fraction of sp³-hybridized carbons (Fsp3) is 0.550. The molecule has 4 rings (SSSR count). The molecular weight excluding hydrogens is 346 g/mol. The van der Waals surface area contributed by atoms with Gasteiger partial charge in [-0.2, -0.15) is 5.10 Å². The number of ether oxygens (including phenoxy) is 1.